The van der Waals surface area contributed by atoms with Crippen molar-refractivity contribution in [3.63, 3.8) is 0 Å². The molecule has 0 aliphatic carbocycles. The Bertz CT molecular complexity index is 2920. The first kappa shape index (κ1) is 64.3. The number of aliphatic carboxylic acids is 3. The maximum absolute atomic E-state index is 14.7. The zero-order valence-corrected chi connectivity index (χ0v) is 45.1. The van der Waals surface area contributed by atoms with E-state index in [1.165, 1.54) is 0 Å². The zero-order valence-electron chi connectivity index (χ0n) is 43.4. The van der Waals surface area contributed by atoms with Crippen LogP contribution in [-0.2, 0) is 70.4 Å². The number of nitrogens with one attached hydrogen (secondary N) is 10. The van der Waals surface area contributed by atoms with Crippen LogP contribution < -0.4 is 54.0 Å². The van der Waals surface area contributed by atoms with E-state index in [-0.39, 0.29) is 36.7 Å². The highest BCUT2D eigenvalue weighted by Gasteiger charge is 2.37. The molecule has 2 heterocycles. The van der Waals surface area contributed by atoms with Gasteiger partial charge in [-0.2, -0.15) is 25.3 Å². The van der Waals surface area contributed by atoms with E-state index >= 15 is 0 Å². The number of carbonyl (C=O) groups is 12. The molecule has 9 amide bonds. The van der Waals surface area contributed by atoms with Crippen LogP contribution in [0.5, 0.6) is 0 Å². The van der Waals surface area contributed by atoms with E-state index < -0.39 is 158 Å². The van der Waals surface area contributed by atoms with E-state index in [2.05, 4.69) is 72.4 Å². The molecule has 0 bridgehead atoms. The lowest BCUT2D eigenvalue weighted by Gasteiger charge is -2.28. The van der Waals surface area contributed by atoms with Crippen LogP contribution in [0.4, 0.5) is 0 Å². The van der Waals surface area contributed by atoms with Gasteiger partial charge in [0.15, 0.2) is 0 Å². The first-order valence-corrected chi connectivity index (χ1v) is 26.2. The third kappa shape index (κ3) is 19.3. The molecule has 4 rings (SSSR count). The van der Waals surface area contributed by atoms with Gasteiger partial charge in [-0.15, -0.1) is 0 Å². The smallest absolute Gasteiger partial charge is 0.327 e. The second kappa shape index (κ2) is 30.8. The van der Waals surface area contributed by atoms with E-state index in [1.807, 2.05) is 5.32 Å². The summed E-state index contributed by atoms with van der Waals surface area (Å²) in [6.07, 6.45) is -0.990. The number of H-pyrrole nitrogens is 2. The van der Waals surface area contributed by atoms with Gasteiger partial charge >= 0.3 is 17.9 Å². The first-order valence-electron chi connectivity index (χ1n) is 24.9. The molecular weight excluding hydrogens is 1090 g/mol. The molecule has 4 aromatic rings. The third-order valence-electron chi connectivity index (χ3n) is 12.3. The van der Waals surface area contributed by atoms with Crippen molar-refractivity contribution in [2.24, 2.45) is 17.4 Å². The summed E-state index contributed by atoms with van der Waals surface area (Å²) in [6, 6.07) is -0.880. The van der Waals surface area contributed by atoms with Crippen LogP contribution in [-0.4, -0.2) is 174 Å². The van der Waals surface area contributed by atoms with Crippen LogP contribution in [0.25, 0.3) is 21.8 Å². The quantitative estimate of drug-likeness (QED) is 0.0209. The monoisotopic (exact) mass is 1150 g/mol. The van der Waals surface area contributed by atoms with Crippen LogP contribution in [0.2, 0.25) is 0 Å². The molecule has 80 heavy (non-hydrogen) atoms. The highest BCUT2D eigenvalue weighted by Crippen LogP contribution is 2.22. The van der Waals surface area contributed by atoms with Gasteiger partial charge in [0.2, 0.25) is 53.2 Å². The number of aliphatic hydroxyl groups is 1. The molecule has 0 saturated carbocycles. The molecule has 2 aromatic carbocycles. The van der Waals surface area contributed by atoms with Crippen molar-refractivity contribution in [3.8, 4) is 0 Å². The lowest BCUT2D eigenvalue weighted by atomic mass is 9.99. The largest absolute Gasteiger partial charge is 0.481 e. The van der Waals surface area contributed by atoms with Crippen LogP contribution in [0, 0.1) is 5.92 Å². The molecule has 9 unspecified atom stereocenters. The molecule has 30 heteroatoms. The molecule has 0 radical (unpaired) electrons. The topological polar surface area (TPSA) is 466 Å². The number of benzene rings is 2. The Labute approximate surface area is 467 Å². The first-order chi connectivity index (χ1) is 37.8. The van der Waals surface area contributed by atoms with E-state index in [1.54, 1.807) is 74.8 Å². The van der Waals surface area contributed by atoms with Crippen LogP contribution in [0.3, 0.4) is 0 Å². The van der Waals surface area contributed by atoms with Crippen molar-refractivity contribution in [1.82, 2.24) is 52.5 Å². The number of rotatable bonds is 33. The number of carboxylic acids is 3. The van der Waals surface area contributed by atoms with Gasteiger partial charge in [0.1, 0.15) is 48.3 Å². The highest BCUT2D eigenvalue weighted by atomic mass is 32.1. The molecule has 0 aliphatic rings. The minimum absolute atomic E-state index is 0.0499. The van der Waals surface area contributed by atoms with E-state index in [9.17, 15) is 78.0 Å². The third-order valence-corrected chi connectivity index (χ3v) is 13.0. The zero-order chi connectivity index (χ0) is 59.4. The SMILES string of the molecule is CC(C)CC(NC(=O)C(Cc1c[nH]c2ccccc12)NC(=O)C(CC(N)=O)NC(=O)C(CCC(=O)O)NC(=O)C(CC(=O)O)NC(=O)C(CO)NC(=O)C(N)CS)C(=O)NC(Cc1c[nH]c2ccccc12)C(=O)NC(CS)C(=O)O. The van der Waals surface area contributed by atoms with Crippen molar-refractivity contribution in [2.45, 2.75) is 113 Å². The lowest BCUT2D eigenvalue weighted by molar-refractivity contribution is -0.142. The molecule has 0 saturated heterocycles. The van der Waals surface area contributed by atoms with Gasteiger partial charge in [-0.05, 0) is 42.0 Å². The number of thiol groups is 2. The number of hydrogen-bond acceptors (Lipinski definition) is 16. The molecule has 9 atom stereocenters. The second-order valence-corrected chi connectivity index (χ2v) is 19.7. The predicted octanol–water partition coefficient (Wildman–Crippen LogP) is -3.16. The van der Waals surface area contributed by atoms with E-state index in [0.717, 1.165) is 0 Å². The number of carbonyl (C=O) groups excluding carboxylic acids is 9. The average molecular weight is 1160 g/mol. The molecule has 18 N–H and O–H groups in total. The van der Waals surface area contributed by atoms with Gasteiger partial charge in [-0.3, -0.25) is 52.7 Å². The van der Waals surface area contributed by atoms with Crippen LogP contribution in [0.15, 0.2) is 60.9 Å². The predicted molar refractivity (Wildman–Crippen MR) is 292 cm³/mol. The summed E-state index contributed by atoms with van der Waals surface area (Å²) in [7, 11) is 0. The summed E-state index contributed by atoms with van der Waals surface area (Å²) in [4.78, 5) is 165. The second-order valence-electron chi connectivity index (χ2n) is 18.9. The molecule has 0 aliphatic heterocycles. The number of fused-ring (bicyclic) bond motifs is 2. The Morgan fingerprint density at radius 3 is 1.35 bits per heavy atom. The fourth-order valence-electron chi connectivity index (χ4n) is 8.14. The molecule has 28 nitrogen and oxygen atoms in total. The standard InChI is InChI=1S/C50H66N12O16S2/c1-23(2)13-32(44(71)57-34(46(73)62-38(22-80)50(77)78)15-25-19-54-30-10-6-4-8-27(25)30)56-45(72)33(14-24-18-53-29-9-5-3-7-26(24)29)58-47(74)35(16-39(52)64)59-43(70)31(11-12-40(65)66)55-48(75)36(17-41(67)68)60-49(76)37(20-63)61-42(69)28(51)21-79/h3-10,18-19,23,28,31-38,53-54,63,79-80H,11-17,20-22,51H2,1-2H3,(H2,52,64)(H,55,75)(H,56,72)(H,57,71)(H,58,74)(H,59,70)(H,60,76)(H,61,69)(H,62,73)(H,65,66)(H,67,68)(H,77,78). The molecular formula is C50H66N12O16S2. The van der Waals surface area contributed by atoms with Crippen molar-refractivity contribution in [2.75, 3.05) is 18.1 Å². The van der Waals surface area contributed by atoms with Gasteiger partial charge in [-0.1, -0.05) is 50.2 Å². The lowest BCUT2D eigenvalue weighted by Crippen LogP contribution is -2.61. The number of hydrogen-bond donors (Lipinski definition) is 18. The van der Waals surface area contributed by atoms with Gasteiger partial charge < -0.3 is 84.4 Å². The average Bonchev–Trinajstić information content (AvgIpc) is 4.03. The van der Waals surface area contributed by atoms with Crippen molar-refractivity contribution >= 4 is 118 Å². The Hall–Kier alpha value is -8.22. The summed E-state index contributed by atoms with van der Waals surface area (Å²) in [5.74, 6) is -15.4. The normalized spacial score (nSPS) is 14.6. The number of nitrogens with two attached hydrogens (primary N) is 2. The molecule has 0 spiro atoms. The van der Waals surface area contributed by atoms with E-state index in [0.29, 0.717) is 32.9 Å². The summed E-state index contributed by atoms with van der Waals surface area (Å²) < 4.78 is 0. The van der Waals surface area contributed by atoms with Gasteiger partial charge in [0.25, 0.3) is 0 Å². The molecule has 0 fully saturated rings. The molecule has 2 aromatic heterocycles. The van der Waals surface area contributed by atoms with Crippen molar-refractivity contribution < 1.29 is 78.0 Å². The van der Waals surface area contributed by atoms with Crippen molar-refractivity contribution in [3.05, 3.63) is 72.1 Å². The Kier molecular flexibility index (Phi) is 24.8. The fourth-order valence-corrected chi connectivity index (χ4v) is 8.55. The summed E-state index contributed by atoms with van der Waals surface area (Å²) in [5, 5.41) is 58.7. The summed E-state index contributed by atoms with van der Waals surface area (Å²) in [6.45, 7) is 2.42. The van der Waals surface area contributed by atoms with Crippen LogP contribution >= 0.6 is 25.3 Å². The highest BCUT2D eigenvalue weighted by molar-refractivity contribution is 7.80. The fraction of sp³-hybridized carbons (Fsp3) is 0.440. The van der Waals surface area contributed by atoms with Gasteiger partial charge in [-0.25, -0.2) is 4.79 Å². The van der Waals surface area contributed by atoms with E-state index in [4.69, 9.17) is 11.5 Å². The number of amides is 9. The minimum atomic E-state index is -2.04. The maximum atomic E-state index is 14.7. The summed E-state index contributed by atoms with van der Waals surface area (Å²) in [5.41, 5.74) is 13.5. The van der Waals surface area contributed by atoms with Crippen molar-refractivity contribution in [1.29, 1.82) is 0 Å². The maximum Gasteiger partial charge on any atom is 0.327 e. The summed E-state index contributed by atoms with van der Waals surface area (Å²) >= 11 is 7.93. The number of aliphatic hydroxyl groups excluding tert-OH is 1. The van der Waals surface area contributed by atoms with Gasteiger partial charge in [0, 0.05) is 65.0 Å². The van der Waals surface area contributed by atoms with Gasteiger partial charge in [0.05, 0.1) is 25.5 Å². The Balaban J connectivity index is 1.66. The Morgan fingerprint density at radius 2 is 0.912 bits per heavy atom. The molecule has 434 valence electrons. The number of primary amides is 1. The van der Waals surface area contributed by atoms with Crippen LogP contribution in [0.1, 0.15) is 57.1 Å². The number of aromatic amines is 2. The number of para-hydroxylation sites is 2. The minimum Gasteiger partial charge on any atom is -0.481 e. The number of aromatic nitrogens is 2. The Morgan fingerprint density at radius 1 is 0.512 bits per heavy atom. The number of carboxylic acid groups (broad SMARTS) is 3.